The summed E-state index contributed by atoms with van der Waals surface area (Å²) in [6, 6.07) is 5.44. The topological polar surface area (TPSA) is 38.9 Å². The molecule has 0 N–H and O–H groups in total. The zero-order valence-corrected chi connectivity index (χ0v) is 8.71. The van der Waals surface area contributed by atoms with Crippen LogP contribution in [0, 0.1) is 0 Å². The first-order chi connectivity index (χ1) is 6.25. The molecule has 1 aromatic heterocycles. The van der Waals surface area contributed by atoms with E-state index in [2.05, 4.69) is 30.6 Å². The molecule has 0 amide bonds. The van der Waals surface area contributed by atoms with Crippen LogP contribution in [0.1, 0.15) is 0 Å². The molecule has 0 spiro atoms. The third-order valence-corrected chi connectivity index (χ3v) is 2.16. The fraction of sp³-hybridized carbons (Fsp3) is 0. The molecule has 66 valence electrons. The lowest BCUT2D eigenvalue weighted by atomic mass is 10.2. The van der Waals surface area contributed by atoms with Gasteiger partial charge in [0.05, 0.1) is 0 Å². The molecule has 5 heteroatoms. The van der Waals surface area contributed by atoms with Crippen LogP contribution < -0.4 is 0 Å². The van der Waals surface area contributed by atoms with Gasteiger partial charge >= 0.3 is 0 Å². The summed E-state index contributed by atoms with van der Waals surface area (Å²) in [6.45, 7) is 0. The Morgan fingerprint density at radius 1 is 1.31 bits per heavy atom. The van der Waals surface area contributed by atoms with Gasteiger partial charge in [-0.1, -0.05) is 32.7 Å². The minimum Gasteiger partial charge on any atom is -0.342 e. The smallest absolute Gasteiger partial charge is 0.214 e. The van der Waals surface area contributed by atoms with Crippen LogP contribution in [0.3, 0.4) is 0 Å². The minimum atomic E-state index is 0.531. The largest absolute Gasteiger partial charge is 0.342 e. The van der Waals surface area contributed by atoms with Crippen molar-refractivity contribution in [3.8, 4) is 11.4 Å². The van der Waals surface area contributed by atoms with E-state index in [1.54, 1.807) is 12.1 Å². The molecular formula is C8H4BrClN2O. The predicted octanol–water partition coefficient (Wildman–Crippen LogP) is 3.15. The molecule has 0 aliphatic rings. The molecule has 2 rings (SSSR count). The van der Waals surface area contributed by atoms with Crippen LogP contribution in [0.4, 0.5) is 0 Å². The highest BCUT2D eigenvalue weighted by molar-refractivity contribution is 9.10. The van der Waals surface area contributed by atoms with Crippen LogP contribution in [0.15, 0.2) is 33.6 Å². The second-order valence-corrected chi connectivity index (χ2v) is 3.77. The molecule has 0 atom stereocenters. The molecule has 0 bridgehead atoms. The Morgan fingerprint density at radius 3 is 2.77 bits per heavy atom. The van der Waals surface area contributed by atoms with Crippen LogP contribution in [0.25, 0.3) is 11.4 Å². The molecule has 13 heavy (non-hydrogen) atoms. The van der Waals surface area contributed by atoms with Crippen LogP contribution in [0.2, 0.25) is 5.02 Å². The number of aromatic nitrogens is 2. The van der Waals surface area contributed by atoms with Crippen LogP contribution in [0.5, 0.6) is 0 Å². The standard InChI is InChI=1S/C8H4BrClN2O/c9-6-1-5(2-7(10)3-6)8-11-4-13-12-8/h1-4H. The molecule has 0 aliphatic heterocycles. The zero-order valence-electron chi connectivity index (χ0n) is 6.37. The van der Waals surface area contributed by atoms with Gasteiger partial charge in [-0.2, -0.15) is 4.98 Å². The first-order valence-electron chi connectivity index (χ1n) is 3.48. The highest BCUT2D eigenvalue weighted by Crippen LogP contribution is 2.24. The number of hydrogen-bond acceptors (Lipinski definition) is 3. The molecule has 0 radical (unpaired) electrons. The fourth-order valence-corrected chi connectivity index (χ4v) is 1.84. The van der Waals surface area contributed by atoms with Gasteiger partial charge in [0.1, 0.15) is 0 Å². The van der Waals surface area contributed by atoms with E-state index in [-0.39, 0.29) is 0 Å². The molecule has 3 nitrogen and oxygen atoms in total. The zero-order chi connectivity index (χ0) is 9.26. The predicted molar refractivity (Wildman–Crippen MR) is 52.4 cm³/mol. The average Bonchev–Trinajstić information content (AvgIpc) is 2.53. The fourth-order valence-electron chi connectivity index (χ4n) is 0.981. The lowest BCUT2D eigenvalue weighted by Crippen LogP contribution is -1.80. The molecule has 1 heterocycles. The third-order valence-electron chi connectivity index (χ3n) is 1.48. The van der Waals surface area contributed by atoms with Crippen molar-refractivity contribution in [2.75, 3.05) is 0 Å². The Balaban J connectivity index is 2.53. The SMILES string of the molecule is Clc1cc(Br)cc(-c2ncon2)c1. The van der Waals surface area contributed by atoms with Crippen LogP contribution >= 0.6 is 27.5 Å². The van der Waals surface area contributed by atoms with E-state index in [1.165, 1.54) is 6.39 Å². The Bertz CT molecular complexity index is 396. The van der Waals surface area contributed by atoms with Gasteiger partial charge in [0, 0.05) is 15.1 Å². The molecule has 0 fully saturated rings. The van der Waals surface area contributed by atoms with Crippen molar-refractivity contribution >= 4 is 27.5 Å². The van der Waals surface area contributed by atoms with Gasteiger partial charge in [-0.3, -0.25) is 0 Å². The Kier molecular flexibility index (Phi) is 2.33. The van der Waals surface area contributed by atoms with E-state index in [0.717, 1.165) is 10.0 Å². The van der Waals surface area contributed by atoms with Crippen LogP contribution in [-0.4, -0.2) is 10.1 Å². The monoisotopic (exact) mass is 258 g/mol. The maximum absolute atomic E-state index is 5.85. The van der Waals surface area contributed by atoms with Crippen molar-refractivity contribution in [2.45, 2.75) is 0 Å². The van der Waals surface area contributed by atoms with Gasteiger partial charge in [0.2, 0.25) is 12.2 Å². The van der Waals surface area contributed by atoms with E-state index in [1.807, 2.05) is 6.07 Å². The number of hydrogen-bond donors (Lipinski definition) is 0. The van der Waals surface area contributed by atoms with Gasteiger partial charge in [-0.15, -0.1) is 0 Å². The van der Waals surface area contributed by atoms with Crippen molar-refractivity contribution in [2.24, 2.45) is 0 Å². The van der Waals surface area contributed by atoms with E-state index in [4.69, 9.17) is 11.6 Å². The number of rotatable bonds is 1. The summed E-state index contributed by atoms with van der Waals surface area (Å²) < 4.78 is 5.52. The normalized spacial score (nSPS) is 10.3. The second-order valence-electron chi connectivity index (χ2n) is 2.41. The molecule has 1 aromatic carbocycles. The summed E-state index contributed by atoms with van der Waals surface area (Å²) in [5, 5.41) is 4.34. The summed E-state index contributed by atoms with van der Waals surface area (Å²) in [6.07, 6.45) is 1.28. The van der Waals surface area contributed by atoms with Crippen molar-refractivity contribution in [1.82, 2.24) is 10.1 Å². The lowest BCUT2D eigenvalue weighted by molar-refractivity contribution is 0.419. The summed E-state index contributed by atoms with van der Waals surface area (Å²) in [7, 11) is 0. The molecule has 0 saturated heterocycles. The number of benzene rings is 1. The van der Waals surface area contributed by atoms with Crippen molar-refractivity contribution < 1.29 is 4.52 Å². The lowest BCUT2D eigenvalue weighted by Gasteiger charge is -1.96. The summed E-state index contributed by atoms with van der Waals surface area (Å²) in [5.74, 6) is 0.531. The van der Waals surface area contributed by atoms with E-state index >= 15 is 0 Å². The van der Waals surface area contributed by atoms with Gasteiger partial charge in [-0.05, 0) is 18.2 Å². The third kappa shape index (κ3) is 1.89. The first kappa shape index (κ1) is 8.72. The van der Waals surface area contributed by atoms with Crippen LogP contribution in [-0.2, 0) is 0 Å². The quantitative estimate of drug-likeness (QED) is 0.790. The maximum atomic E-state index is 5.85. The highest BCUT2D eigenvalue weighted by atomic mass is 79.9. The summed E-state index contributed by atoms with van der Waals surface area (Å²) in [4.78, 5) is 3.91. The second kappa shape index (κ2) is 3.47. The Hall–Kier alpha value is -0.870. The van der Waals surface area contributed by atoms with Gasteiger partial charge in [0.15, 0.2) is 0 Å². The van der Waals surface area contributed by atoms with Gasteiger partial charge < -0.3 is 4.52 Å². The molecular weight excluding hydrogens is 255 g/mol. The Morgan fingerprint density at radius 2 is 2.15 bits per heavy atom. The minimum absolute atomic E-state index is 0.531. The average molecular weight is 259 g/mol. The van der Waals surface area contributed by atoms with Crippen molar-refractivity contribution in [3.05, 3.63) is 34.1 Å². The van der Waals surface area contributed by atoms with E-state index in [0.29, 0.717) is 10.8 Å². The van der Waals surface area contributed by atoms with E-state index < -0.39 is 0 Å². The number of nitrogens with zero attached hydrogens (tertiary/aromatic N) is 2. The summed E-state index contributed by atoms with van der Waals surface area (Å²) in [5.41, 5.74) is 0.827. The molecule has 2 aromatic rings. The van der Waals surface area contributed by atoms with Gasteiger partial charge in [-0.25, -0.2) is 0 Å². The van der Waals surface area contributed by atoms with Crippen molar-refractivity contribution in [3.63, 3.8) is 0 Å². The maximum Gasteiger partial charge on any atom is 0.214 e. The molecule has 0 unspecified atom stereocenters. The van der Waals surface area contributed by atoms with Crippen molar-refractivity contribution in [1.29, 1.82) is 0 Å². The highest BCUT2D eigenvalue weighted by Gasteiger charge is 2.04. The summed E-state index contributed by atoms with van der Waals surface area (Å²) >= 11 is 9.18. The first-order valence-corrected chi connectivity index (χ1v) is 4.65. The number of halogens is 2. The molecule has 0 saturated carbocycles. The van der Waals surface area contributed by atoms with Gasteiger partial charge in [0.25, 0.3) is 0 Å². The Labute approximate surface area is 87.8 Å². The van der Waals surface area contributed by atoms with E-state index in [9.17, 15) is 0 Å². The molecule has 0 aliphatic carbocycles.